The molecule has 0 amide bonds. The second kappa shape index (κ2) is 17.0. The lowest BCUT2D eigenvalue weighted by molar-refractivity contribution is -0.143. The van der Waals surface area contributed by atoms with Crippen molar-refractivity contribution >= 4 is 23.7 Å². The predicted octanol–water partition coefficient (Wildman–Crippen LogP) is 0.696. The number of carbonyl (C=O) groups is 2. The molecule has 3 unspecified atom stereocenters. The summed E-state index contributed by atoms with van der Waals surface area (Å²) >= 11 is 0.951. The maximum atomic E-state index is 13.0. The first-order valence-corrected chi connectivity index (χ1v) is 14.0. The molecule has 0 spiro atoms. The fraction of sp³-hybridized carbons (Fsp3) is 0.720. The van der Waals surface area contributed by atoms with Crippen molar-refractivity contribution in [1.29, 1.82) is 0 Å². The van der Waals surface area contributed by atoms with E-state index < -0.39 is 60.4 Å². The van der Waals surface area contributed by atoms with Crippen LogP contribution < -0.4 is 17.1 Å². The van der Waals surface area contributed by atoms with Crippen LogP contribution in [0.15, 0.2) is 27.0 Å². The van der Waals surface area contributed by atoms with Crippen LogP contribution in [0.1, 0.15) is 59.4 Å². The van der Waals surface area contributed by atoms with Gasteiger partial charge in [-0.05, 0) is 25.2 Å². The van der Waals surface area contributed by atoms with Crippen molar-refractivity contribution in [3.05, 3.63) is 44.1 Å². The number of carbonyl (C=O) groups excluding carboxylic acids is 2. The topological polar surface area (TPSA) is 159 Å². The van der Waals surface area contributed by atoms with Crippen LogP contribution in [0.3, 0.4) is 0 Å². The number of thioether (sulfide) groups is 1. The summed E-state index contributed by atoms with van der Waals surface area (Å²) < 4.78 is 12.6. The summed E-state index contributed by atoms with van der Waals surface area (Å²) in [6.45, 7) is 9.96. The summed E-state index contributed by atoms with van der Waals surface area (Å²) in [7, 11) is 0. The molecule has 1 aromatic rings. The number of hydrogen-bond acceptors (Lipinski definition) is 10. The number of aliphatic hydroxyl groups is 2. The van der Waals surface area contributed by atoms with Gasteiger partial charge >= 0.3 is 29.0 Å². The van der Waals surface area contributed by atoms with Crippen molar-refractivity contribution in [1.82, 2.24) is 13.7 Å². The molecule has 3 atom stereocenters. The Hall–Kier alpha value is -2.64. The Kier molecular flexibility index (Phi) is 15.0. The van der Waals surface area contributed by atoms with Crippen LogP contribution in [-0.2, 0) is 32.2 Å². The van der Waals surface area contributed by atoms with Gasteiger partial charge in [-0.15, -0.1) is 18.3 Å². The Bertz CT molecular complexity index is 1090. The zero-order valence-corrected chi connectivity index (χ0v) is 23.5. The van der Waals surface area contributed by atoms with E-state index in [1.807, 2.05) is 27.7 Å². The van der Waals surface area contributed by atoms with Crippen molar-refractivity contribution in [2.45, 2.75) is 84.7 Å². The molecule has 0 aliphatic carbocycles. The zero-order valence-electron chi connectivity index (χ0n) is 22.7. The molecule has 1 aromatic heterocycles. The molecule has 0 aliphatic heterocycles. The van der Waals surface area contributed by atoms with E-state index in [0.717, 1.165) is 31.9 Å². The summed E-state index contributed by atoms with van der Waals surface area (Å²) in [5, 5.41) is 20.2. The molecule has 12 nitrogen and oxygen atoms in total. The Labute approximate surface area is 226 Å². The third kappa shape index (κ3) is 10.3. The molecule has 13 heteroatoms. The molecular weight excluding hydrogens is 518 g/mol. The number of aliphatic hydroxyl groups excluding tert-OH is 2. The molecule has 1 rings (SSSR count). The zero-order chi connectivity index (χ0) is 28.8. The number of nitrogens with zero attached hydrogens (tertiary/aromatic N) is 3. The summed E-state index contributed by atoms with van der Waals surface area (Å²) in [6.07, 6.45) is 1.63. The van der Waals surface area contributed by atoms with Crippen molar-refractivity contribution in [3.8, 4) is 0 Å². The quantitative estimate of drug-likeness (QED) is 0.194. The number of hydrogen-bond donors (Lipinski definition) is 2. The molecule has 0 bridgehead atoms. The first-order valence-electron chi connectivity index (χ1n) is 12.8. The lowest BCUT2D eigenvalue weighted by Crippen LogP contribution is -2.56. The van der Waals surface area contributed by atoms with Crippen LogP contribution >= 0.6 is 11.8 Å². The van der Waals surface area contributed by atoms with E-state index in [2.05, 4.69) is 6.58 Å². The minimum Gasteiger partial charge on any atom is -0.462 e. The predicted molar refractivity (Wildman–Crippen MR) is 144 cm³/mol. The number of ether oxygens (including phenoxy) is 2. The number of allylic oxidation sites excluding steroid dienone is 1. The van der Waals surface area contributed by atoms with Gasteiger partial charge in [0, 0.05) is 6.04 Å². The van der Waals surface area contributed by atoms with Crippen LogP contribution in [0, 0.1) is 5.92 Å². The standard InChI is InChI=1S/C25H41N3O9S/c1-6-10-26-23(33)27(25(35)28(24(26)34)18(8-3)9-4)12-20(30)14-37-22(32)16-38-15-21(31)36-13-19(29)11-17(5)7-2/h6,17-20,29-30H,1,7-16H2,2-5H3. The summed E-state index contributed by atoms with van der Waals surface area (Å²) in [5.74, 6) is -1.29. The molecule has 38 heavy (non-hydrogen) atoms. The van der Waals surface area contributed by atoms with Crippen molar-refractivity contribution in [3.63, 3.8) is 0 Å². The lowest BCUT2D eigenvalue weighted by atomic mass is 10.0. The maximum absolute atomic E-state index is 13.0. The van der Waals surface area contributed by atoms with E-state index in [-0.39, 0.29) is 24.7 Å². The van der Waals surface area contributed by atoms with Gasteiger partial charge in [-0.2, -0.15) is 0 Å². The van der Waals surface area contributed by atoms with Gasteiger partial charge in [0.25, 0.3) is 0 Å². The Balaban J connectivity index is 2.68. The van der Waals surface area contributed by atoms with E-state index in [1.54, 1.807) is 0 Å². The van der Waals surface area contributed by atoms with Crippen LogP contribution in [0.2, 0.25) is 0 Å². The highest BCUT2D eigenvalue weighted by molar-refractivity contribution is 8.00. The molecule has 0 saturated carbocycles. The SMILES string of the molecule is C=CCn1c(=O)n(CC(O)COC(=O)CSCC(=O)OCC(O)CC(C)CC)c(=O)n(C(CC)CC)c1=O. The van der Waals surface area contributed by atoms with Gasteiger partial charge in [0.2, 0.25) is 0 Å². The molecule has 0 fully saturated rings. The normalized spacial score (nSPS) is 13.7. The van der Waals surface area contributed by atoms with Crippen LogP contribution in [-0.4, -0.2) is 72.8 Å². The van der Waals surface area contributed by atoms with Crippen molar-refractivity contribution < 1.29 is 29.3 Å². The Morgan fingerprint density at radius 2 is 1.42 bits per heavy atom. The van der Waals surface area contributed by atoms with Gasteiger partial charge in [0.1, 0.15) is 19.3 Å². The Morgan fingerprint density at radius 1 is 0.895 bits per heavy atom. The van der Waals surface area contributed by atoms with E-state index in [4.69, 9.17) is 9.47 Å². The van der Waals surface area contributed by atoms with E-state index in [0.29, 0.717) is 25.2 Å². The van der Waals surface area contributed by atoms with Crippen LogP contribution in [0.4, 0.5) is 0 Å². The van der Waals surface area contributed by atoms with Gasteiger partial charge in [0.05, 0.1) is 30.7 Å². The summed E-state index contributed by atoms with van der Waals surface area (Å²) in [5.41, 5.74) is -2.48. The minimum atomic E-state index is -1.39. The average Bonchev–Trinajstić information content (AvgIpc) is 2.89. The number of rotatable bonds is 18. The average molecular weight is 560 g/mol. The van der Waals surface area contributed by atoms with Gasteiger partial charge in [0.15, 0.2) is 0 Å². The summed E-state index contributed by atoms with van der Waals surface area (Å²) in [4.78, 5) is 62.3. The molecule has 0 aliphatic rings. The van der Waals surface area contributed by atoms with Crippen molar-refractivity contribution in [2.24, 2.45) is 5.92 Å². The molecule has 0 saturated heterocycles. The molecule has 0 radical (unpaired) electrons. The highest BCUT2D eigenvalue weighted by Crippen LogP contribution is 2.11. The third-order valence-corrected chi connectivity index (χ3v) is 6.91. The first kappa shape index (κ1) is 33.4. The van der Waals surface area contributed by atoms with Gasteiger partial charge < -0.3 is 19.7 Å². The maximum Gasteiger partial charge on any atom is 0.336 e. The molecule has 0 aromatic carbocycles. The van der Waals surface area contributed by atoms with Gasteiger partial charge in [-0.3, -0.25) is 9.59 Å². The first-order chi connectivity index (χ1) is 18.0. The Morgan fingerprint density at radius 3 is 1.92 bits per heavy atom. The van der Waals surface area contributed by atoms with Gasteiger partial charge in [-0.1, -0.05) is 40.2 Å². The van der Waals surface area contributed by atoms with E-state index in [9.17, 15) is 34.2 Å². The lowest BCUT2D eigenvalue weighted by Gasteiger charge is -2.20. The van der Waals surface area contributed by atoms with Crippen LogP contribution in [0.5, 0.6) is 0 Å². The van der Waals surface area contributed by atoms with Gasteiger partial charge in [-0.25, -0.2) is 28.1 Å². The monoisotopic (exact) mass is 559 g/mol. The largest absolute Gasteiger partial charge is 0.462 e. The van der Waals surface area contributed by atoms with E-state index >= 15 is 0 Å². The smallest absolute Gasteiger partial charge is 0.336 e. The molecule has 2 N–H and O–H groups in total. The minimum absolute atomic E-state index is 0.111. The molecule has 1 heterocycles. The fourth-order valence-electron chi connectivity index (χ4n) is 3.70. The number of aromatic nitrogens is 3. The summed E-state index contributed by atoms with van der Waals surface area (Å²) in [6, 6.07) is -0.431. The van der Waals surface area contributed by atoms with Crippen LogP contribution in [0.25, 0.3) is 0 Å². The molecular formula is C25H41N3O9S. The third-order valence-electron chi connectivity index (χ3n) is 6.03. The molecule has 216 valence electrons. The number of esters is 2. The highest BCUT2D eigenvalue weighted by Gasteiger charge is 2.22. The van der Waals surface area contributed by atoms with Crippen molar-refractivity contribution in [2.75, 3.05) is 24.7 Å². The fourth-order valence-corrected chi connectivity index (χ4v) is 4.30. The van der Waals surface area contributed by atoms with E-state index in [1.165, 1.54) is 6.08 Å². The second-order valence-electron chi connectivity index (χ2n) is 9.11. The highest BCUT2D eigenvalue weighted by atomic mass is 32.2. The second-order valence-corrected chi connectivity index (χ2v) is 10.1.